The summed E-state index contributed by atoms with van der Waals surface area (Å²) in [6.45, 7) is 0. The predicted molar refractivity (Wildman–Crippen MR) is 99.3 cm³/mol. The number of nitrogens with one attached hydrogen (secondary N) is 1. The van der Waals surface area contributed by atoms with Crippen molar-refractivity contribution >= 4 is 43.6 Å². The van der Waals surface area contributed by atoms with E-state index in [4.69, 9.17) is 9.15 Å². The lowest BCUT2D eigenvalue weighted by molar-refractivity contribution is -0.116. The molecular weight excluding hydrogens is 336 g/mol. The van der Waals surface area contributed by atoms with Gasteiger partial charge in [-0.25, -0.2) is 4.98 Å². The Kier molecular flexibility index (Phi) is 4.11. The molecule has 126 valence electrons. The molecular formula is C19H16N2O3S. The number of rotatable bonds is 5. The average molecular weight is 352 g/mol. The van der Waals surface area contributed by atoms with E-state index in [1.807, 2.05) is 48.5 Å². The third-order valence-electron chi connectivity index (χ3n) is 3.92. The third kappa shape index (κ3) is 3.34. The summed E-state index contributed by atoms with van der Waals surface area (Å²) in [7, 11) is 1.63. The molecule has 6 heteroatoms. The molecule has 2 heterocycles. The van der Waals surface area contributed by atoms with Crippen molar-refractivity contribution in [1.29, 1.82) is 0 Å². The van der Waals surface area contributed by atoms with E-state index in [-0.39, 0.29) is 5.91 Å². The largest absolute Gasteiger partial charge is 0.497 e. The highest BCUT2D eigenvalue weighted by molar-refractivity contribution is 7.22. The second-order valence-corrected chi connectivity index (χ2v) is 6.68. The Morgan fingerprint density at radius 3 is 2.96 bits per heavy atom. The zero-order valence-electron chi connectivity index (χ0n) is 13.6. The van der Waals surface area contributed by atoms with E-state index < -0.39 is 0 Å². The molecule has 0 unspecified atom stereocenters. The summed E-state index contributed by atoms with van der Waals surface area (Å²) in [5.74, 6) is 1.51. The first-order valence-corrected chi connectivity index (χ1v) is 8.75. The lowest BCUT2D eigenvalue weighted by atomic mass is 10.2. The summed E-state index contributed by atoms with van der Waals surface area (Å²) < 4.78 is 11.9. The fraction of sp³-hybridized carbons (Fsp3) is 0.158. The smallest absolute Gasteiger partial charge is 0.226 e. The molecule has 0 radical (unpaired) electrons. The monoisotopic (exact) mass is 352 g/mol. The maximum atomic E-state index is 12.2. The van der Waals surface area contributed by atoms with Gasteiger partial charge in [-0.05, 0) is 30.3 Å². The van der Waals surface area contributed by atoms with Crippen molar-refractivity contribution in [2.45, 2.75) is 12.8 Å². The summed E-state index contributed by atoms with van der Waals surface area (Å²) in [6, 6.07) is 15.5. The fourth-order valence-electron chi connectivity index (χ4n) is 2.66. The number of furan rings is 1. The van der Waals surface area contributed by atoms with E-state index >= 15 is 0 Å². The number of para-hydroxylation sites is 1. The lowest BCUT2D eigenvalue weighted by Gasteiger charge is -1.99. The minimum atomic E-state index is -0.0773. The van der Waals surface area contributed by atoms with Crippen LogP contribution in [-0.4, -0.2) is 18.0 Å². The van der Waals surface area contributed by atoms with E-state index in [1.165, 1.54) is 11.3 Å². The second-order valence-electron chi connectivity index (χ2n) is 5.65. The Bertz CT molecular complexity index is 1020. The normalized spacial score (nSPS) is 11.1. The summed E-state index contributed by atoms with van der Waals surface area (Å²) >= 11 is 1.43. The van der Waals surface area contributed by atoms with Crippen LogP contribution >= 0.6 is 11.3 Å². The fourth-order valence-corrected chi connectivity index (χ4v) is 3.57. The van der Waals surface area contributed by atoms with Crippen molar-refractivity contribution in [1.82, 2.24) is 4.98 Å². The number of nitrogens with zero attached hydrogens (tertiary/aromatic N) is 1. The van der Waals surface area contributed by atoms with Gasteiger partial charge in [-0.15, -0.1) is 0 Å². The number of aryl methyl sites for hydroxylation is 1. The highest BCUT2D eigenvalue weighted by Crippen LogP contribution is 2.29. The van der Waals surface area contributed by atoms with Crippen LogP contribution in [-0.2, 0) is 11.2 Å². The average Bonchev–Trinajstić information content (AvgIpc) is 3.21. The van der Waals surface area contributed by atoms with Gasteiger partial charge in [0, 0.05) is 18.2 Å². The van der Waals surface area contributed by atoms with Crippen molar-refractivity contribution in [2.75, 3.05) is 12.4 Å². The minimum absolute atomic E-state index is 0.0773. The van der Waals surface area contributed by atoms with Crippen LogP contribution in [0.2, 0.25) is 0 Å². The van der Waals surface area contributed by atoms with Gasteiger partial charge in [0.15, 0.2) is 5.13 Å². The van der Waals surface area contributed by atoms with Crippen LogP contribution in [0.4, 0.5) is 5.13 Å². The molecule has 0 fully saturated rings. The Labute approximate surface area is 148 Å². The van der Waals surface area contributed by atoms with Crippen molar-refractivity contribution < 1.29 is 13.9 Å². The van der Waals surface area contributed by atoms with Gasteiger partial charge in [-0.3, -0.25) is 4.79 Å². The molecule has 1 N–H and O–H groups in total. The number of benzene rings is 2. The Hall–Kier alpha value is -2.86. The third-order valence-corrected chi connectivity index (χ3v) is 4.85. The maximum Gasteiger partial charge on any atom is 0.226 e. The van der Waals surface area contributed by atoms with Gasteiger partial charge < -0.3 is 14.5 Å². The number of fused-ring (bicyclic) bond motifs is 2. The summed E-state index contributed by atoms with van der Waals surface area (Å²) in [4.78, 5) is 16.6. The SMILES string of the molecule is COc1ccc2nc(NC(=O)CCc3cc4ccccc4o3)sc2c1. The Balaban J connectivity index is 1.41. The molecule has 0 atom stereocenters. The van der Waals surface area contributed by atoms with Crippen LogP contribution in [0, 0.1) is 0 Å². The quantitative estimate of drug-likeness (QED) is 0.569. The molecule has 2 aromatic heterocycles. The van der Waals surface area contributed by atoms with E-state index in [0.29, 0.717) is 18.0 Å². The molecule has 0 saturated heterocycles. The first kappa shape index (κ1) is 15.7. The van der Waals surface area contributed by atoms with Crippen molar-refractivity contribution in [2.24, 2.45) is 0 Å². The molecule has 1 amide bonds. The van der Waals surface area contributed by atoms with Crippen LogP contribution in [0.15, 0.2) is 52.9 Å². The molecule has 0 saturated carbocycles. The molecule has 0 aliphatic rings. The van der Waals surface area contributed by atoms with Gasteiger partial charge in [0.1, 0.15) is 17.1 Å². The highest BCUT2D eigenvalue weighted by atomic mass is 32.1. The molecule has 0 bridgehead atoms. The molecule has 0 aliphatic carbocycles. The molecule has 2 aromatic carbocycles. The zero-order valence-corrected chi connectivity index (χ0v) is 14.4. The second kappa shape index (κ2) is 6.57. The number of carbonyl (C=O) groups is 1. The topological polar surface area (TPSA) is 64.4 Å². The molecule has 5 nitrogen and oxygen atoms in total. The number of methoxy groups -OCH3 is 1. The number of anilines is 1. The number of hydrogen-bond acceptors (Lipinski definition) is 5. The Morgan fingerprint density at radius 1 is 1.24 bits per heavy atom. The van der Waals surface area contributed by atoms with Crippen molar-refractivity contribution in [3.8, 4) is 5.75 Å². The summed E-state index contributed by atoms with van der Waals surface area (Å²) in [6.07, 6.45) is 0.901. The van der Waals surface area contributed by atoms with Gasteiger partial charge in [-0.1, -0.05) is 29.5 Å². The molecule has 0 spiro atoms. The van der Waals surface area contributed by atoms with E-state index in [2.05, 4.69) is 10.3 Å². The predicted octanol–water partition coefficient (Wildman–Crippen LogP) is 4.62. The standard InChI is InChI=1S/C19H16N2O3S/c1-23-13-6-8-15-17(11-13)25-19(20-15)21-18(22)9-7-14-10-12-4-2-3-5-16(12)24-14/h2-6,8,10-11H,7,9H2,1H3,(H,20,21,22). The Morgan fingerprint density at radius 2 is 2.12 bits per heavy atom. The number of carbonyl (C=O) groups excluding carboxylic acids is 1. The van der Waals surface area contributed by atoms with E-state index in [9.17, 15) is 4.79 Å². The lowest BCUT2D eigenvalue weighted by Crippen LogP contribution is -2.11. The number of thiazole rings is 1. The number of hydrogen-bond donors (Lipinski definition) is 1. The van der Waals surface area contributed by atoms with Crippen LogP contribution in [0.1, 0.15) is 12.2 Å². The van der Waals surface area contributed by atoms with Crippen molar-refractivity contribution in [3.63, 3.8) is 0 Å². The summed E-state index contributed by atoms with van der Waals surface area (Å²) in [5.41, 5.74) is 1.69. The van der Waals surface area contributed by atoms with Crippen LogP contribution in [0.3, 0.4) is 0 Å². The van der Waals surface area contributed by atoms with Gasteiger partial charge in [0.2, 0.25) is 5.91 Å². The van der Waals surface area contributed by atoms with Gasteiger partial charge in [-0.2, -0.15) is 0 Å². The zero-order chi connectivity index (χ0) is 17.2. The van der Waals surface area contributed by atoms with Gasteiger partial charge in [0.05, 0.1) is 17.3 Å². The summed E-state index contributed by atoms with van der Waals surface area (Å²) in [5, 5.41) is 4.51. The highest BCUT2D eigenvalue weighted by Gasteiger charge is 2.10. The maximum absolute atomic E-state index is 12.2. The number of ether oxygens (including phenoxy) is 1. The van der Waals surface area contributed by atoms with Crippen LogP contribution < -0.4 is 10.1 Å². The van der Waals surface area contributed by atoms with Crippen LogP contribution in [0.5, 0.6) is 5.75 Å². The van der Waals surface area contributed by atoms with Crippen LogP contribution in [0.25, 0.3) is 21.2 Å². The molecule has 0 aliphatic heterocycles. The van der Waals surface area contributed by atoms with E-state index in [0.717, 1.165) is 32.7 Å². The van der Waals surface area contributed by atoms with Crippen molar-refractivity contribution in [3.05, 3.63) is 54.3 Å². The molecule has 25 heavy (non-hydrogen) atoms. The molecule has 4 rings (SSSR count). The first-order valence-electron chi connectivity index (χ1n) is 7.93. The van der Waals surface area contributed by atoms with E-state index in [1.54, 1.807) is 7.11 Å². The number of amides is 1. The minimum Gasteiger partial charge on any atom is -0.497 e. The van der Waals surface area contributed by atoms with Gasteiger partial charge >= 0.3 is 0 Å². The molecule has 4 aromatic rings. The van der Waals surface area contributed by atoms with Gasteiger partial charge in [0.25, 0.3) is 0 Å². The number of aromatic nitrogens is 1. The first-order chi connectivity index (χ1) is 12.2.